The van der Waals surface area contributed by atoms with Crippen molar-refractivity contribution in [3.63, 3.8) is 0 Å². The molecule has 1 unspecified atom stereocenters. The predicted molar refractivity (Wildman–Crippen MR) is 78.7 cm³/mol. The summed E-state index contributed by atoms with van der Waals surface area (Å²) in [6.45, 7) is 6.11. The number of nitrogens with one attached hydrogen (secondary N) is 2. The number of carbonyl (C=O) groups is 2. The van der Waals surface area contributed by atoms with E-state index in [-0.39, 0.29) is 11.8 Å². The molecule has 5 heteroatoms. The number of benzene rings is 1. The molecule has 0 spiro atoms. The summed E-state index contributed by atoms with van der Waals surface area (Å²) in [6.07, 6.45) is 0.868. The van der Waals surface area contributed by atoms with E-state index in [1.54, 1.807) is 13.0 Å². The average Bonchev–Trinajstić information content (AvgIpc) is 2.38. The van der Waals surface area contributed by atoms with E-state index in [1.165, 1.54) is 0 Å². The van der Waals surface area contributed by atoms with Crippen molar-refractivity contribution in [1.82, 2.24) is 10.6 Å². The Labute approximate surface area is 119 Å². The number of amides is 2. The van der Waals surface area contributed by atoms with Gasteiger partial charge in [-0.1, -0.05) is 13.0 Å². The molecule has 1 atom stereocenters. The number of hydrogen-bond acceptors (Lipinski definition) is 3. The predicted octanol–water partition coefficient (Wildman–Crippen LogP) is 1.93. The van der Waals surface area contributed by atoms with Crippen molar-refractivity contribution in [3.8, 4) is 0 Å². The summed E-state index contributed by atoms with van der Waals surface area (Å²) in [4.78, 5) is 24.5. The van der Waals surface area contributed by atoms with E-state index in [0.717, 1.165) is 16.9 Å². The van der Waals surface area contributed by atoms with E-state index >= 15 is 0 Å². The molecular weight excluding hydrogens is 260 g/mol. The summed E-state index contributed by atoms with van der Waals surface area (Å²) in [5, 5.41) is 5.43. The molecule has 0 saturated carbocycles. The van der Waals surface area contributed by atoms with Gasteiger partial charge in [-0.05, 0) is 38.0 Å². The molecule has 0 saturated heterocycles. The highest BCUT2D eigenvalue weighted by Crippen LogP contribution is 2.14. The minimum Gasteiger partial charge on any atom is -0.354 e. The second kappa shape index (κ2) is 7.19. The molecule has 104 valence electrons. The van der Waals surface area contributed by atoms with Gasteiger partial charge in [0, 0.05) is 17.0 Å². The van der Waals surface area contributed by atoms with Crippen molar-refractivity contribution in [1.29, 1.82) is 0 Å². The highest BCUT2D eigenvalue weighted by Gasteiger charge is 2.17. The van der Waals surface area contributed by atoms with E-state index < -0.39 is 6.04 Å². The van der Waals surface area contributed by atoms with Crippen LogP contribution in [0.4, 0.5) is 0 Å². The first-order chi connectivity index (χ1) is 8.95. The Bertz CT molecular complexity index is 475. The fourth-order valence-corrected chi connectivity index (χ4v) is 1.80. The molecule has 0 bridgehead atoms. The minimum absolute atomic E-state index is 0.171. The van der Waals surface area contributed by atoms with E-state index in [9.17, 15) is 9.59 Å². The third-order valence-electron chi connectivity index (χ3n) is 2.76. The van der Waals surface area contributed by atoms with Gasteiger partial charge in [0.05, 0.1) is 0 Å². The van der Waals surface area contributed by atoms with Crippen LogP contribution < -0.4 is 10.6 Å². The molecule has 0 fully saturated rings. The zero-order valence-electron chi connectivity index (χ0n) is 11.5. The Hall–Kier alpha value is -1.49. The second-order valence-electron chi connectivity index (χ2n) is 4.49. The lowest BCUT2D eigenvalue weighted by atomic mass is 10.1. The lowest BCUT2D eigenvalue weighted by Gasteiger charge is -2.15. The maximum atomic E-state index is 12.1. The molecule has 0 aliphatic rings. The Morgan fingerprint density at radius 2 is 2.05 bits per heavy atom. The maximum absolute atomic E-state index is 12.1. The van der Waals surface area contributed by atoms with Crippen molar-refractivity contribution < 1.29 is 9.59 Å². The summed E-state index contributed by atoms with van der Waals surface area (Å²) in [7, 11) is 0. The number of aryl methyl sites for hydroxylation is 1. The van der Waals surface area contributed by atoms with Crippen LogP contribution in [0.2, 0.25) is 0 Å². The highest BCUT2D eigenvalue weighted by atomic mass is 32.1. The number of carbonyl (C=O) groups excluding carboxylic acids is 2. The molecule has 1 rings (SSSR count). The Morgan fingerprint density at radius 3 is 2.68 bits per heavy atom. The standard InChI is InChI=1S/C14H20N2O2S/c1-4-7-15-13(17)10(3)16-14(18)12-8-11(19)6-5-9(12)2/h5-6,8,10,19H,4,7H2,1-3H3,(H,15,17)(H,16,18). The molecule has 0 aliphatic heterocycles. The summed E-state index contributed by atoms with van der Waals surface area (Å²) in [6, 6.07) is 4.80. The average molecular weight is 280 g/mol. The Balaban J connectivity index is 2.68. The van der Waals surface area contributed by atoms with Crippen LogP contribution in [0.1, 0.15) is 36.2 Å². The van der Waals surface area contributed by atoms with Gasteiger partial charge in [-0.3, -0.25) is 9.59 Å². The molecule has 1 aromatic rings. The van der Waals surface area contributed by atoms with Gasteiger partial charge in [0.1, 0.15) is 6.04 Å². The zero-order chi connectivity index (χ0) is 14.4. The SMILES string of the molecule is CCCNC(=O)C(C)NC(=O)c1cc(S)ccc1C. The highest BCUT2D eigenvalue weighted by molar-refractivity contribution is 7.80. The van der Waals surface area contributed by atoms with Gasteiger partial charge in [-0.15, -0.1) is 12.6 Å². The molecule has 1 aromatic carbocycles. The van der Waals surface area contributed by atoms with E-state index in [4.69, 9.17) is 0 Å². The molecule has 0 aliphatic carbocycles. The molecule has 0 heterocycles. The summed E-state index contributed by atoms with van der Waals surface area (Å²) in [5.74, 6) is -0.428. The van der Waals surface area contributed by atoms with Crippen LogP contribution in [0.15, 0.2) is 23.1 Å². The molecule has 2 amide bonds. The molecule has 0 aromatic heterocycles. The monoisotopic (exact) mass is 280 g/mol. The van der Waals surface area contributed by atoms with Gasteiger partial charge >= 0.3 is 0 Å². The van der Waals surface area contributed by atoms with Gasteiger partial charge in [-0.25, -0.2) is 0 Å². The molecular formula is C14H20N2O2S. The number of hydrogen-bond donors (Lipinski definition) is 3. The Kier molecular flexibility index (Phi) is 5.89. The maximum Gasteiger partial charge on any atom is 0.252 e. The molecule has 0 radical (unpaired) electrons. The first kappa shape index (κ1) is 15.6. The van der Waals surface area contributed by atoms with Crippen molar-refractivity contribution >= 4 is 24.4 Å². The van der Waals surface area contributed by atoms with Crippen LogP contribution in [-0.4, -0.2) is 24.4 Å². The zero-order valence-corrected chi connectivity index (χ0v) is 12.4. The minimum atomic E-state index is -0.554. The number of thiol groups is 1. The van der Waals surface area contributed by atoms with Gasteiger partial charge < -0.3 is 10.6 Å². The third-order valence-corrected chi connectivity index (χ3v) is 3.03. The van der Waals surface area contributed by atoms with Crippen LogP contribution in [-0.2, 0) is 4.79 Å². The van der Waals surface area contributed by atoms with Crippen LogP contribution >= 0.6 is 12.6 Å². The lowest BCUT2D eigenvalue weighted by molar-refractivity contribution is -0.122. The van der Waals surface area contributed by atoms with Crippen LogP contribution in [0, 0.1) is 6.92 Å². The van der Waals surface area contributed by atoms with Gasteiger partial charge in [-0.2, -0.15) is 0 Å². The van der Waals surface area contributed by atoms with E-state index in [2.05, 4.69) is 23.3 Å². The first-order valence-electron chi connectivity index (χ1n) is 6.34. The summed E-state index contributed by atoms with van der Waals surface area (Å²) in [5.41, 5.74) is 1.40. The third kappa shape index (κ3) is 4.59. The van der Waals surface area contributed by atoms with Gasteiger partial charge in [0.2, 0.25) is 5.91 Å². The van der Waals surface area contributed by atoms with Crippen molar-refractivity contribution in [2.24, 2.45) is 0 Å². The molecule has 2 N–H and O–H groups in total. The largest absolute Gasteiger partial charge is 0.354 e. The summed E-state index contributed by atoms with van der Waals surface area (Å²) < 4.78 is 0. The van der Waals surface area contributed by atoms with Crippen molar-refractivity contribution in [2.75, 3.05) is 6.54 Å². The molecule has 4 nitrogen and oxygen atoms in total. The quantitative estimate of drug-likeness (QED) is 0.722. The van der Waals surface area contributed by atoms with Gasteiger partial charge in [0.25, 0.3) is 5.91 Å². The second-order valence-corrected chi connectivity index (χ2v) is 5.00. The molecule has 19 heavy (non-hydrogen) atoms. The topological polar surface area (TPSA) is 58.2 Å². The van der Waals surface area contributed by atoms with Gasteiger partial charge in [0.15, 0.2) is 0 Å². The Morgan fingerprint density at radius 1 is 1.37 bits per heavy atom. The number of rotatable bonds is 5. The van der Waals surface area contributed by atoms with Crippen molar-refractivity contribution in [3.05, 3.63) is 29.3 Å². The van der Waals surface area contributed by atoms with E-state index in [1.807, 2.05) is 26.0 Å². The fourth-order valence-electron chi connectivity index (χ4n) is 1.60. The van der Waals surface area contributed by atoms with E-state index in [0.29, 0.717) is 12.1 Å². The van der Waals surface area contributed by atoms with Crippen LogP contribution in [0.25, 0.3) is 0 Å². The van der Waals surface area contributed by atoms with Crippen LogP contribution in [0.5, 0.6) is 0 Å². The fraction of sp³-hybridized carbons (Fsp3) is 0.429. The van der Waals surface area contributed by atoms with Crippen LogP contribution in [0.3, 0.4) is 0 Å². The lowest BCUT2D eigenvalue weighted by Crippen LogP contribution is -2.45. The normalized spacial score (nSPS) is 11.8. The van der Waals surface area contributed by atoms with Crippen molar-refractivity contribution in [2.45, 2.75) is 38.1 Å². The summed E-state index contributed by atoms with van der Waals surface area (Å²) >= 11 is 4.21. The smallest absolute Gasteiger partial charge is 0.252 e. The first-order valence-corrected chi connectivity index (χ1v) is 6.78.